The molecule has 5 aromatic rings. The Labute approximate surface area is 202 Å². The molecule has 3 aromatic carbocycles. The minimum Gasteiger partial charge on any atom is -0.388 e. The SMILES string of the molecule is CN[C@@H]1C[C@@H]2O[C@@](C)([C@@H]1C)n1c3ccccc3c3c4c(c5c6ccccc6n2c5c31)C(=O)C[C@@H]4O. The summed E-state index contributed by atoms with van der Waals surface area (Å²) in [6.45, 7) is 4.47. The van der Waals surface area contributed by atoms with Gasteiger partial charge in [0.1, 0.15) is 12.0 Å². The standard InChI is InChI=1S/C29H27N3O3/c1-14-17(30-3)12-22-31-18-10-6-4-8-15(18)23-25-20(33)13-21(34)26(25)24-16-9-5-7-11-19(16)32(28(24)27(23)31)29(14,2)35-22/h4-11,14,17,21-22,30,34H,12-13H2,1-3H3/t14-,17-,21+,22+,29+/m1/s1. The van der Waals surface area contributed by atoms with Crippen molar-refractivity contribution < 1.29 is 14.6 Å². The molecule has 0 spiro atoms. The number of ketones is 1. The van der Waals surface area contributed by atoms with Crippen molar-refractivity contribution in [2.45, 2.75) is 50.8 Å². The molecule has 6 heteroatoms. The zero-order valence-corrected chi connectivity index (χ0v) is 20.0. The fourth-order valence-corrected chi connectivity index (χ4v) is 7.52. The van der Waals surface area contributed by atoms with Crippen LogP contribution in [0.15, 0.2) is 48.5 Å². The Kier molecular flexibility index (Phi) is 3.62. The van der Waals surface area contributed by atoms with E-state index >= 15 is 0 Å². The number of nitrogens with one attached hydrogen (secondary N) is 1. The number of aliphatic hydroxyl groups excluding tert-OH is 1. The lowest BCUT2D eigenvalue weighted by molar-refractivity contribution is -0.224. The number of Topliss-reactive ketones (excluding diaryl/α,β-unsaturated/α-hetero) is 1. The summed E-state index contributed by atoms with van der Waals surface area (Å²) in [4.78, 5) is 13.5. The molecular formula is C29H27N3O3. The lowest BCUT2D eigenvalue weighted by atomic mass is 9.85. The molecule has 3 aliphatic rings. The molecule has 1 aliphatic carbocycles. The molecule has 6 nitrogen and oxygen atoms in total. The van der Waals surface area contributed by atoms with Crippen molar-refractivity contribution in [3.63, 3.8) is 0 Å². The Morgan fingerprint density at radius 3 is 2.46 bits per heavy atom. The predicted molar refractivity (Wildman–Crippen MR) is 137 cm³/mol. The fourth-order valence-electron chi connectivity index (χ4n) is 7.52. The number of nitrogens with zero attached hydrogens (tertiary/aromatic N) is 2. The van der Waals surface area contributed by atoms with Gasteiger partial charge in [0.15, 0.2) is 5.78 Å². The van der Waals surface area contributed by atoms with Crippen LogP contribution in [0.4, 0.5) is 0 Å². The highest BCUT2D eigenvalue weighted by molar-refractivity contribution is 6.31. The van der Waals surface area contributed by atoms with E-state index in [1.54, 1.807) is 0 Å². The first-order valence-electron chi connectivity index (χ1n) is 12.5. The van der Waals surface area contributed by atoms with Gasteiger partial charge in [-0.25, -0.2) is 0 Å². The fraction of sp³-hybridized carbons (Fsp3) is 0.345. The van der Waals surface area contributed by atoms with Crippen LogP contribution >= 0.6 is 0 Å². The largest absolute Gasteiger partial charge is 0.388 e. The summed E-state index contributed by atoms with van der Waals surface area (Å²) in [5.74, 6) is 0.212. The Morgan fingerprint density at radius 2 is 1.71 bits per heavy atom. The number of carbonyl (C=O) groups is 1. The molecule has 5 atom stereocenters. The quantitative estimate of drug-likeness (QED) is 0.350. The molecular weight excluding hydrogens is 438 g/mol. The Morgan fingerprint density at radius 1 is 1.03 bits per heavy atom. The van der Waals surface area contributed by atoms with Gasteiger partial charge in [-0.2, -0.15) is 0 Å². The van der Waals surface area contributed by atoms with E-state index in [0.29, 0.717) is 5.56 Å². The van der Waals surface area contributed by atoms with Crippen molar-refractivity contribution in [1.29, 1.82) is 0 Å². The van der Waals surface area contributed by atoms with Crippen LogP contribution in [0.1, 0.15) is 54.9 Å². The van der Waals surface area contributed by atoms with E-state index in [9.17, 15) is 9.90 Å². The highest BCUT2D eigenvalue weighted by atomic mass is 16.5. The molecule has 35 heavy (non-hydrogen) atoms. The van der Waals surface area contributed by atoms with Crippen LogP contribution in [0, 0.1) is 5.92 Å². The summed E-state index contributed by atoms with van der Waals surface area (Å²) >= 11 is 0. The van der Waals surface area contributed by atoms with Gasteiger partial charge in [-0.1, -0.05) is 43.3 Å². The van der Waals surface area contributed by atoms with Gasteiger partial charge in [-0.15, -0.1) is 0 Å². The molecule has 8 rings (SSSR count). The van der Waals surface area contributed by atoms with Crippen molar-refractivity contribution >= 4 is 49.4 Å². The smallest absolute Gasteiger partial charge is 0.166 e. The van der Waals surface area contributed by atoms with Crippen molar-refractivity contribution in [3.8, 4) is 0 Å². The van der Waals surface area contributed by atoms with Gasteiger partial charge in [0.2, 0.25) is 0 Å². The summed E-state index contributed by atoms with van der Waals surface area (Å²) in [6, 6.07) is 16.9. The first kappa shape index (κ1) is 20.0. The second kappa shape index (κ2) is 6.32. The minimum absolute atomic E-state index is 0.0231. The molecule has 176 valence electrons. The summed E-state index contributed by atoms with van der Waals surface area (Å²) in [6.07, 6.45) is -0.0174. The van der Waals surface area contributed by atoms with Crippen molar-refractivity contribution in [2.24, 2.45) is 5.92 Å². The highest BCUT2D eigenvalue weighted by Gasteiger charge is 2.51. The molecule has 2 bridgehead atoms. The first-order chi connectivity index (χ1) is 17.0. The monoisotopic (exact) mass is 465 g/mol. The second-order valence-corrected chi connectivity index (χ2v) is 10.7. The minimum atomic E-state index is -0.804. The van der Waals surface area contributed by atoms with Crippen LogP contribution in [0.3, 0.4) is 0 Å². The lowest BCUT2D eigenvalue weighted by Gasteiger charge is -2.48. The summed E-state index contributed by atoms with van der Waals surface area (Å²) in [7, 11) is 2.03. The number of benzene rings is 3. The summed E-state index contributed by atoms with van der Waals surface area (Å²) in [5.41, 5.74) is 5.13. The summed E-state index contributed by atoms with van der Waals surface area (Å²) in [5, 5.41) is 18.9. The number of aliphatic hydroxyl groups is 1. The van der Waals surface area contributed by atoms with E-state index in [1.165, 1.54) is 0 Å². The van der Waals surface area contributed by atoms with E-state index < -0.39 is 11.8 Å². The molecule has 0 unspecified atom stereocenters. The normalized spacial score (nSPS) is 29.7. The van der Waals surface area contributed by atoms with Crippen molar-refractivity contribution in [3.05, 3.63) is 59.7 Å². The van der Waals surface area contributed by atoms with E-state index in [0.717, 1.165) is 55.6 Å². The van der Waals surface area contributed by atoms with Crippen LogP contribution < -0.4 is 5.32 Å². The number of aromatic nitrogens is 2. The molecule has 1 saturated heterocycles. The zero-order chi connectivity index (χ0) is 23.8. The number of hydrogen-bond acceptors (Lipinski definition) is 4. The van der Waals surface area contributed by atoms with E-state index in [4.69, 9.17) is 4.74 Å². The average molecular weight is 466 g/mol. The molecule has 4 heterocycles. The number of hydrogen-bond donors (Lipinski definition) is 2. The third kappa shape index (κ3) is 2.12. The molecule has 0 radical (unpaired) electrons. The van der Waals surface area contributed by atoms with Crippen molar-refractivity contribution in [1.82, 2.24) is 14.5 Å². The number of para-hydroxylation sites is 2. The van der Waals surface area contributed by atoms with E-state index in [-0.39, 0.29) is 30.4 Å². The molecule has 2 N–H and O–H groups in total. The van der Waals surface area contributed by atoms with Gasteiger partial charge >= 0.3 is 0 Å². The van der Waals surface area contributed by atoms with Crippen LogP contribution in [0.2, 0.25) is 0 Å². The topological polar surface area (TPSA) is 68.4 Å². The van der Waals surface area contributed by atoms with Crippen molar-refractivity contribution in [2.75, 3.05) is 7.05 Å². The zero-order valence-electron chi connectivity index (χ0n) is 20.0. The molecule has 2 aromatic heterocycles. The first-order valence-corrected chi connectivity index (χ1v) is 12.5. The van der Waals surface area contributed by atoms with Gasteiger partial charge in [-0.3, -0.25) is 4.79 Å². The van der Waals surface area contributed by atoms with Gasteiger partial charge in [-0.05, 0) is 26.1 Å². The Balaban J connectivity index is 1.75. The van der Waals surface area contributed by atoms with Gasteiger partial charge < -0.3 is 24.3 Å². The maximum absolute atomic E-state index is 13.5. The number of fused-ring (bicyclic) bond motifs is 13. The number of carbonyl (C=O) groups excluding carboxylic acids is 1. The van der Waals surface area contributed by atoms with E-state index in [2.05, 4.69) is 64.7 Å². The van der Waals surface area contributed by atoms with Gasteiger partial charge in [0.05, 0.1) is 28.2 Å². The maximum atomic E-state index is 13.5. The third-order valence-corrected chi connectivity index (χ3v) is 9.17. The average Bonchev–Trinajstić information content (AvgIpc) is 3.45. The number of rotatable bonds is 1. The van der Waals surface area contributed by atoms with E-state index in [1.807, 2.05) is 19.2 Å². The molecule has 2 aliphatic heterocycles. The lowest BCUT2D eigenvalue weighted by Crippen LogP contribution is -2.54. The van der Waals surface area contributed by atoms with Gasteiger partial charge in [0, 0.05) is 57.5 Å². The maximum Gasteiger partial charge on any atom is 0.166 e. The second-order valence-electron chi connectivity index (χ2n) is 10.7. The number of ether oxygens (including phenoxy) is 1. The predicted octanol–water partition coefficient (Wildman–Crippen LogP) is 5.35. The summed E-state index contributed by atoms with van der Waals surface area (Å²) < 4.78 is 11.8. The van der Waals surface area contributed by atoms with Crippen LogP contribution in [0.25, 0.3) is 43.6 Å². The Bertz CT molecular complexity index is 1760. The van der Waals surface area contributed by atoms with Crippen LogP contribution in [-0.4, -0.2) is 33.1 Å². The Hall–Kier alpha value is -3.19. The highest BCUT2D eigenvalue weighted by Crippen LogP contribution is 2.56. The molecule has 0 saturated carbocycles. The van der Waals surface area contributed by atoms with Crippen LogP contribution in [0.5, 0.6) is 0 Å². The van der Waals surface area contributed by atoms with Gasteiger partial charge in [0.25, 0.3) is 0 Å². The molecule has 1 fully saturated rings. The van der Waals surface area contributed by atoms with Crippen LogP contribution in [-0.2, 0) is 10.5 Å². The third-order valence-electron chi connectivity index (χ3n) is 9.17. The molecule has 0 amide bonds.